The van der Waals surface area contributed by atoms with Crippen molar-refractivity contribution in [2.24, 2.45) is 5.92 Å². The summed E-state index contributed by atoms with van der Waals surface area (Å²) in [4.78, 5) is 10.4. The first kappa shape index (κ1) is 9.21. The van der Waals surface area contributed by atoms with E-state index in [0.29, 0.717) is 0 Å². The van der Waals surface area contributed by atoms with Crippen LogP contribution in [0.4, 0.5) is 0 Å². The van der Waals surface area contributed by atoms with Crippen molar-refractivity contribution >= 4 is 6.29 Å². The molecule has 10 heavy (non-hydrogen) atoms. The fourth-order valence-electron chi connectivity index (χ4n) is 0.848. The van der Waals surface area contributed by atoms with Crippen molar-refractivity contribution in [1.29, 1.82) is 0 Å². The molecule has 0 saturated heterocycles. The van der Waals surface area contributed by atoms with Crippen LogP contribution in [0.5, 0.6) is 0 Å². The van der Waals surface area contributed by atoms with Gasteiger partial charge in [0.15, 0.2) is 0 Å². The average Bonchev–Trinajstić information content (AvgIpc) is 2.00. The lowest BCUT2D eigenvalue weighted by Gasteiger charge is -2.09. The first-order chi connectivity index (χ1) is 4.79. The Morgan fingerprint density at radius 3 is 2.40 bits per heavy atom. The maximum atomic E-state index is 10.4. The Bertz CT molecular complexity index is 127. The molecular formula is C8H14O2. The molecule has 1 atom stereocenters. The summed E-state index contributed by atoms with van der Waals surface area (Å²) in [6.45, 7) is 3.83. The number of hydrogen-bond donors (Lipinski definition) is 0. The Balaban J connectivity index is 4.10. The number of rotatable bonds is 4. The molecule has 2 heteroatoms. The van der Waals surface area contributed by atoms with E-state index in [0.717, 1.165) is 18.5 Å². The van der Waals surface area contributed by atoms with E-state index in [-0.39, 0.29) is 5.92 Å². The molecule has 0 N–H and O–H groups in total. The van der Waals surface area contributed by atoms with Crippen molar-refractivity contribution in [3.8, 4) is 0 Å². The molecule has 0 spiro atoms. The molecule has 0 amide bonds. The van der Waals surface area contributed by atoms with Crippen molar-refractivity contribution in [2.45, 2.75) is 20.3 Å². The number of aldehydes is 1. The van der Waals surface area contributed by atoms with Gasteiger partial charge in [-0.05, 0) is 19.4 Å². The summed E-state index contributed by atoms with van der Waals surface area (Å²) in [6.07, 6.45) is 3.54. The normalized spacial score (nSPS) is 14.5. The third-order valence-corrected chi connectivity index (χ3v) is 1.49. The lowest BCUT2D eigenvalue weighted by atomic mass is 10.1. The summed E-state index contributed by atoms with van der Waals surface area (Å²) in [5.74, 6) is 0.701. The van der Waals surface area contributed by atoms with E-state index in [2.05, 4.69) is 0 Å². The molecule has 0 rings (SSSR count). The Labute approximate surface area is 61.9 Å². The predicted molar refractivity (Wildman–Crippen MR) is 40.6 cm³/mol. The van der Waals surface area contributed by atoms with Crippen LogP contribution in [0.15, 0.2) is 11.8 Å². The zero-order valence-corrected chi connectivity index (χ0v) is 6.76. The molecule has 0 saturated carbocycles. The fraction of sp³-hybridized carbons (Fsp3) is 0.625. The molecule has 0 aliphatic rings. The number of methoxy groups -OCH3 is 1. The van der Waals surface area contributed by atoms with Gasteiger partial charge in [0.25, 0.3) is 0 Å². The van der Waals surface area contributed by atoms with Crippen LogP contribution in [0.2, 0.25) is 0 Å². The highest BCUT2D eigenvalue weighted by atomic mass is 16.5. The second-order valence-electron chi connectivity index (χ2n) is 2.05. The third-order valence-electron chi connectivity index (χ3n) is 1.49. The third kappa shape index (κ3) is 2.21. The van der Waals surface area contributed by atoms with E-state index in [1.54, 1.807) is 7.11 Å². The van der Waals surface area contributed by atoms with E-state index in [4.69, 9.17) is 4.74 Å². The Morgan fingerprint density at radius 1 is 1.70 bits per heavy atom. The zero-order valence-electron chi connectivity index (χ0n) is 6.76. The molecule has 2 nitrogen and oxygen atoms in total. The minimum Gasteiger partial charge on any atom is -0.501 e. The van der Waals surface area contributed by atoms with Gasteiger partial charge in [-0.3, -0.25) is 0 Å². The van der Waals surface area contributed by atoms with Gasteiger partial charge in [0.05, 0.1) is 13.0 Å². The van der Waals surface area contributed by atoms with E-state index >= 15 is 0 Å². The predicted octanol–water partition coefficient (Wildman–Crippen LogP) is 1.76. The zero-order chi connectivity index (χ0) is 7.98. The lowest BCUT2D eigenvalue weighted by Crippen LogP contribution is -2.05. The minimum absolute atomic E-state index is 0.0602. The molecule has 0 aliphatic carbocycles. The van der Waals surface area contributed by atoms with Crippen LogP contribution in [0, 0.1) is 5.92 Å². The van der Waals surface area contributed by atoms with Crippen molar-refractivity contribution in [2.75, 3.05) is 7.11 Å². The first-order valence-corrected chi connectivity index (χ1v) is 3.45. The topological polar surface area (TPSA) is 26.3 Å². The van der Waals surface area contributed by atoms with Gasteiger partial charge in [-0.1, -0.05) is 6.92 Å². The quantitative estimate of drug-likeness (QED) is 0.441. The molecule has 0 bridgehead atoms. The largest absolute Gasteiger partial charge is 0.501 e. The van der Waals surface area contributed by atoms with E-state index < -0.39 is 0 Å². The van der Waals surface area contributed by atoms with Crippen molar-refractivity contribution in [3.05, 3.63) is 11.8 Å². The summed E-state index contributed by atoms with van der Waals surface area (Å²) >= 11 is 0. The van der Waals surface area contributed by atoms with E-state index in [1.807, 2.05) is 19.9 Å². The summed E-state index contributed by atoms with van der Waals surface area (Å²) in [7, 11) is 1.58. The van der Waals surface area contributed by atoms with Gasteiger partial charge in [0.1, 0.15) is 12.0 Å². The van der Waals surface area contributed by atoms with Crippen molar-refractivity contribution in [1.82, 2.24) is 0 Å². The van der Waals surface area contributed by atoms with Gasteiger partial charge in [-0.2, -0.15) is 0 Å². The second-order valence-corrected chi connectivity index (χ2v) is 2.05. The molecular weight excluding hydrogens is 128 g/mol. The molecule has 0 aromatic carbocycles. The maximum absolute atomic E-state index is 10.4. The highest BCUT2D eigenvalue weighted by molar-refractivity contribution is 5.57. The van der Waals surface area contributed by atoms with Crippen LogP contribution in [0.25, 0.3) is 0 Å². The number of allylic oxidation sites excluding steroid dienone is 2. The monoisotopic (exact) mass is 142 g/mol. The highest BCUT2D eigenvalue weighted by Gasteiger charge is 2.09. The molecule has 0 aliphatic heterocycles. The van der Waals surface area contributed by atoms with Crippen LogP contribution in [-0.2, 0) is 9.53 Å². The Hall–Kier alpha value is -0.790. The van der Waals surface area contributed by atoms with Gasteiger partial charge >= 0.3 is 0 Å². The molecule has 0 fully saturated rings. The number of hydrogen-bond acceptors (Lipinski definition) is 2. The van der Waals surface area contributed by atoms with Gasteiger partial charge < -0.3 is 9.53 Å². The lowest BCUT2D eigenvalue weighted by molar-refractivity contribution is -0.111. The van der Waals surface area contributed by atoms with E-state index in [1.165, 1.54) is 0 Å². The summed E-state index contributed by atoms with van der Waals surface area (Å²) < 4.78 is 4.97. The Kier molecular flexibility index (Phi) is 4.63. The van der Waals surface area contributed by atoms with Gasteiger partial charge in [-0.25, -0.2) is 0 Å². The maximum Gasteiger partial charge on any atom is 0.130 e. The molecule has 0 heterocycles. The number of carbonyl (C=O) groups excluding carboxylic acids is 1. The van der Waals surface area contributed by atoms with E-state index in [9.17, 15) is 4.79 Å². The standard InChI is InChI=1S/C8H14O2/c1-4-7(6-9)8(5-2)10-3/h5-7H,4H2,1-3H3/b8-5+. The van der Waals surface area contributed by atoms with Crippen LogP contribution in [0.3, 0.4) is 0 Å². The van der Waals surface area contributed by atoms with Gasteiger partial charge in [-0.15, -0.1) is 0 Å². The van der Waals surface area contributed by atoms with Crippen LogP contribution in [0.1, 0.15) is 20.3 Å². The summed E-state index contributed by atoms with van der Waals surface area (Å²) in [5, 5.41) is 0. The molecule has 0 radical (unpaired) electrons. The van der Waals surface area contributed by atoms with Crippen LogP contribution < -0.4 is 0 Å². The van der Waals surface area contributed by atoms with Crippen LogP contribution >= 0.6 is 0 Å². The van der Waals surface area contributed by atoms with Crippen molar-refractivity contribution in [3.63, 3.8) is 0 Å². The number of ether oxygens (including phenoxy) is 1. The average molecular weight is 142 g/mol. The summed E-state index contributed by atoms with van der Waals surface area (Å²) in [5.41, 5.74) is 0. The molecule has 0 aromatic rings. The minimum atomic E-state index is -0.0602. The summed E-state index contributed by atoms with van der Waals surface area (Å²) in [6, 6.07) is 0. The molecule has 58 valence electrons. The second kappa shape index (κ2) is 5.03. The van der Waals surface area contributed by atoms with Gasteiger partial charge in [0.2, 0.25) is 0 Å². The molecule has 1 unspecified atom stereocenters. The highest BCUT2D eigenvalue weighted by Crippen LogP contribution is 2.12. The molecule has 0 aromatic heterocycles. The van der Waals surface area contributed by atoms with Gasteiger partial charge in [0, 0.05) is 0 Å². The first-order valence-electron chi connectivity index (χ1n) is 3.45. The number of carbonyl (C=O) groups is 1. The van der Waals surface area contributed by atoms with Crippen molar-refractivity contribution < 1.29 is 9.53 Å². The smallest absolute Gasteiger partial charge is 0.130 e. The SMILES string of the molecule is C/C=C(/OC)C(C=O)CC. The van der Waals surface area contributed by atoms with Crippen LogP contribution in [-0.4, -0.2) is 13.4 Å². The Morgan fingerprint density at radius 2 is 2.30 bits per heavy atom. The fourth-order valence-corrected chi connectivity index (χ4v) is 0.848.